The summed E-state index contributed by atoms with van der Waals surface area (Å²) < 4.78 is 0. The number of aromatic nitrogens is 1. The minimum Gasteiger partial charge on any atom is -0.337 e. The van der Waals surface area contributed by atoms with Crippen LogP contribution in [0.3, 0.4) is 0 Å². The maximum atomic E-state index is 12.6. The molecule has 0 saturated carbocycles. The van der Waals surface area contributed by atoms with Crippen molar-refractivity contribution in [1.29, 1.82) is 0 Å². The third-order valence-corrected chi connectivity index (χ3v) is 4.39. The number of carbonyl (C=O) groups excluding carboxylic acids is 1. The second kappa shape index (κ2) is 6.49. The van der Waals surface area contributed by atoms with E-state index in [1.165, 1.54) is 0 Å². The van der Waals surface area contributed by atoms with Gasteiger partial charge in [0.2, 0.25) is 0 Å². The summed E-state index contributed by atoms with van der Waals surface area (Å²) in [4.78, 5) is 19.0. The molecule has 0 atom stereocenters. The fourth-order valence-electron chi connectivity index (χ4n) is 2.74. The van der Waals surface area contributed by atoms with Crippen LogP contribution in [0.1, 0.15) is 30.3 Å². The molecule has 4 heteroatoms. The van der Waals surface area contributed by atoms with Crippen LogP contribution < -0.4 is 0 Å². The highest BCUT2D eigenvalue weighted by atomic mass is 35.5. The van der Waals surface area contributed by atoms with E-state index in [9.17, 15) is 4.79 Å². The molecule has 1 aliphatic heterocycles. The third-order valence-electron chi connectivity index (χ3n) is 4.16. The van der Waals surface area contributed by atoms with Gasteiger partial charge in [0.1, 0.15) is 5.69 Å². The van der Waals surface area contributed by atoms with Crippen LogP contribution in [0.25, 0.3) is 11.3 Å². The van der Waals surface area contributed by atoms with Crippen molar-refractivity contribution in [1.82, 2.24) is 9.88 Å². The Balaban J connectivity index is 1.83. The SMILES string of the molecule is CC1CCN(C(=O)c2cccc(-c3cccc(Cl)c3)n2)CC1. The predicted octanol–water partition coefficient (Wildman–Crippen LogP) is 4.27. The number of carbonyl (C=O) groups is 1. The molecule has 0 bridgehead atoms. The van der Waals surface area contributed by atoms with Gasteiger partial charge in [-0.25, -0.2) is 4.98 Å². The van der Waals surface area contributed by atoms with Crippen LogP contribution in [-0.2, 0) is 0 Å². The molecule has 22 heavy (non-hydrogen) atoms. The maximum absolute atomic E-state index is 12.6. The van der Waals surface area contributed by atoms with E-state index in [1.54, 1.807) is 6.07 Å². The van der Waals surface area contributed by atoms with Gasteiger partial charge in [0.25, 0.3) is 5.91 Å². The lowest BCUT2D eigenvalue weighted by Gasteiger charge is -2.30. The lowest BCUT2D eigenvalue weighted by molar-refractivity contribution is 0.0691. The van der Waals surface area contributed by atoms with E-state index < -0.39 is 0 Å². The second-order valence-electron chi connectivity index (χ2n) is 5.89. The Kier molecular flexibility index (Phi) is 4.44. The van der Waals surface area contributed by atoms with Gasteiger partial charge >= 0.3 is 0 Å². The number of pyridine rings is 1. The molecule has 0 spiro atoms. The van der Waals surface area contributed by atoms with Crippen LogP contribution in [0, 0.1) is 5.92 Å². The van der Waals surface area contributed by atoms with Gasteiger partial charge in [0.15, 0.2) is 0 Å². The quantitative estimate of drug-likeness (QED) is 0.829. The summed E-state index contributed by atoms with van der Waals surface area (Å²) in [6, 6.07) is 13.1. The summed E-state index contributed by atoms with van der Waals surface area (Å²) in [7, 11) is 0. The predicted molar refractivity (Wildman–Crippen MR) is 89.0 cm³/mol. The second-order valence-corrected chi connectivity index (χ2v) is 6.33. The van der Waals surface area contributed by atoms with Crippen molar-refractivity contribution in [3.8, 4) is 11.3 Å². The third kappa shape index (κ3) is 3.30. The normalized spacial score (nSPS) is 15.8. The summed E-state index contributed by atoms with van der Waals surface area (Å²) in [6.07, 6.45) is 2.14. The van der Waals surface area contributed by atoms with Crippen LogP contribution >= 0.6 is 11.6 Å². The molecule has 3 rings (SSSR count). The van der Waals surface area contributed by atoms with Crippen LogP contribution in [0.2, 0.25) is 5.02 Å². The highest BCUT2D eigenvalue weighted by Crippen LogP contribution is 2.22. The highest BCUT2D eigenvalue weighted by Gasteiger charge is 2.22. The van der Waals surface area contributed by atoms with Crippen LogP contribution in [0.15, 0.2) is 42.5 Å². The number of rotatable bonds is 2. The van der Waals surface area contributed by atoms with Crippen molar-refractivity contribution in [3.05, 3.63) is 53.2 Å². The Labute approximate surface area is 135 Å². The molecule has 0 aliphatic carbocycles. The van der Waals surface area contributed by atoms with Gasteiger partial charge in [-0.05, 0) is 43.0 Å². The Morgan fingerprint density at radius 3 is 2.64 bits per heavy atom. The molecule has 2 aromatic rings. The van der Waals surface area contributed by atoms with E-state index in [4.69, 9.17) is 11.6 Å². The number of likely N-dealkylation sites (tertiary alicyclic amines) is 1. The first-order valence-electron chi connectivity index (χ1n) is 7.66. The topological polar surface area (TPSA) is 33.2 Å². The first kappa shape index (κ1) is 15.0. The zero-order valence-corrected chi connectivity index (χ0v) is 13.4. The van der Waals surface area contributed by atoms with E-state index in [0.717, 1.165) is 37.2 Å². The molecule has 1 fully saturated rings. The fraction of sp³-hybridized carbons (Fsp3) is 0.333. The van der Waals surface area contributed by atoms with Gasteiger partial charge < -0.3 is 4.90 Å². The average molecular weight is 315 g/mol. The van der Waals surface area contributed by atoms with Crippen molar-refractivity contribution >= 4 is 17.5 Å². The van der Waals surface area contributed by atoms with Gasteiger partial charge in [0.05, 0.1) is 5.69 Å². The van der Waals surface area contributed by atoms with Crippen molar-refractivity contribution in [2.24, 2.45) is 5.92 Å². The molecule has 114 valence electrons. The monoisotopic (exact) mass is 314 g/mol. The lowest BCUT2D eigenvalue weighted by Crippen LogP contribution is -2.38. The largest absolute Gasteiger partial charge is 0.337 e. The highest BCUT2D eigenvalue weighted by molar-refractivity contribution is 6.30. The molecule has 1 aliphatic rings. The number of amides is 1. The summed E-state index contributed by atoms with van der Waals surface area (Å²) >= 11 is 6.03. The number of hydrogen-bond acceptors (Lipinski definition) is 2. The van der Waals surface area contributed by atoms with Crippen molar-refractivity contribution in [2.45, 2.75) is 19.8 Å². The zero-order chi connectivity index (χ0) is 15.5. The molecule has 0 radical (unpaired) electrons. The molecule has 3 nitrogen and oxygen atoms in total. The summed E-state index contributed by atoms with van der Waals surface area (Å²) in [5.41, 5.74) is 2.21. The van der Waals surface area contributed by atoms with E-state index in [2.05, 4.69) is 11.9 Å². The standard InChI is InChI=1S/C18H19ClN2O/c1-13-8-10-21(11-9-13)18(22)17-7-3-6-16(20-17)14-4-2-5-15(19)12-14/h2-7,12-13H,8-11H2,1H3. The van der Waals surface area contributed by atoms with E-state index >= 15 is 0 Å². The molecular weight excluding hydrogens is 296 g/mol. The van der Waals surface area contributed by atoms with Crippen LogP contribution in [0.4, 0.5) is 0 Å². The van der Waals surface area contributed by atoms with Gasteiger partial charge in [-0.15, -0.1) is 0 Å². The van der Waals surface area contributed by atoms with Gasteiger partial charge in [-0.2, -0.15) is 0 Å². The maximum Gasteiger partial charge on any atom is 0.272 e. The Morgan fingerprint density at radius 1 is 1.18 bits per heavy atom. The van der Waals surface area contributed by atoms with E-state index in [-0.39, 0.29) is 5.91 Å². The van der Waals surface area contributed by atoms with Gasteiger partial charge in [0, 0.05) is 23.7 Å². The molecule has 1 amide bonds. The molecule has 0 N–H and O–H groups in total. The first-order valence-corrected chi connectivity index (χ1v) is 8.03. The zero-order valence-electron chi connectivity index (χ0n) is 12.6. The number of halogens is 1. The molecule has 2 heterocycles. The summed E-state index contributed by atoms with van der Waals surface area (Å²) in [5, 5.41) is 0.668. The fourth-order valence-corrected chi connectivity index (χ4v) is 2.93. The number of nitrogens with zero attached hydrogens (tertiary/aromatic N) is 2. The number of benzene rings is 1. The minimum atomic E-state index is 0.0239. The number of piperidine rings is 1. The van der Waals surface area contributed by atoms with Gasteiger partial charge in [-0.3, -0.25) is 4.79 Å². The van der Waals surface area contributed by atoms with Crippen molar-refractivity contribution < 1.29 is 4.79 Å². The molecule has 1 aromatic heterocycles. The lowest BCUT2D eigenvalue weighted by atomic mass is 9.99. The van der Waals surface area contributed by atoms with E-state index in [1.807, 2.05) is 41.3 Å². The molecule has 0 unspecified atom stereocenters. The van der Waals surface area contributed by atoms with Crippen molar-refractivity contribution in [2.75, 3.05) is 13.1 Å². The van der Waals surface area contributed by atoms with E-state index in [0.29, 0.717) is 16.6 Å². The summed E-state index contributed by atoms with van der Waals surface area (Å²) in [5.74, 6) is 0.727. The molecule has 1 aromatic carbocycles. The minimum absolute atomic E-state index is 0.0239. The van der Waals surface area contributed by atoms with Crippen LogP contribution in [-0.4, -0.2) is 28.9 Å². The summed E-state index contributed by atoms with van der Waals surface area (Å²) in [6.45, 7) is 3.88. The number of hydrogen-bond donors (Lipinski definition) is 0. The Bertz CT molecular complexity index is 678. The Morgan fingerprint density at radius 2 is 1.91 bits per heavy atom. The van der Waals surface area contributed by atoms with Gasteiger partial charge in [-0.1, -0.05) is 36.7 Å². The molecular formula is C18H19ClN2O. The smallest absolute Gasteiger partial charge is 0.272 e. The average Bonchev–Trinajstić information content (AvgIpc) is 2.55. The Hall–Kier alpha value is -1.87. The first-order chi connectivity index (χ1) is 10.6. The van der Waals surface area contributed by atoms with Crippen LogP contribution in [0.5, 0.6) is 0 Å². The molecule has 1 saturated heterocycles. The van der Waals surface area contributed by atoms with Crippen molar-refractivity contribution in [3.63, 3.8) is 0 Å².